The highest BCUT2D eigenvalue weighted by Crippen LogP contribution is 2.32. The second-order valence-electron chi connectivity index (χ2n) is 6.52. The summed E-state index contributed by atoms with van der Waals surface area (Å²) in [6.45, 7) is 9.26. The Hall–Kier alpha value is -1.61. The van der Waals surface area contributed by atoms with Crippen LogP contribution in [0.15, 0.2) is 37.4 Å². The standard InChI is InChI=1S/C18H26N2O.C2H4/c1-19-18(21)17-9-5-4-8-16(17)13-20-11-10-14-6-2-3-7-15(14)12-20;1-2/h2-3,6-7,16-17H,4-5,8-13H2,1H3,(H,19,21);1-2H2/t16-,17-;/m0./s1. The molecule has 2 atom stereocenters. The summed E-state index contributed by atoms with van der Waals surface area (Å²) in [7, 11) is 1.77. The lowest BCUT2D eigenvalue weighted by atomic mass is 9.78. The number of nitrogens with zero attached hydrogens (tertiary/aromatic N) is 1. The molecule has 3 rings (SSSR count). The third-order valence-electron chi connectivity index (χ3n) is 5.19. The van der Waals surface area contributed by atoms with E-state index in [0.29, 0.717) is 5.92 Å². The maximum Gasteiger partial charge on any atom is 0.223 e. The van der Waals surface area contributed by atoms with E-state index in [1.807, 2.05) is 0 Å². The van der Waals surface area contributed by atoms with Gasteiger partial charge in [0.1, 0.15) is 0 Å². The van der Waals surface area contributed by atoms with Crippen molar-refractivity contribution in [3.8, 4) is 0 Å². The molecule has 0 unspecified atom stereocenters. The molecule has 1 aliphatic carbocycles. The van der Waals surface area contributed by atoms with E-state index in [1.54, 1.807) is 7.05 Å². The fourth-order valence-corrected chi connectivity index (χ4v) is 4.00. The van der Waals surface area contributed by atoms with Gasteiger partial charge in [0.2, 0.25) is 5.91 Å². The SMILES string of the molecule is C=C.CNC(=O)[C@H]1CCCC[C@H]1CN1CCc2ccccc2C1. The van der Waals surface area contributed by atoms with Gasteiger partial charge in [-0.3, -0.25) is 9.69 Å². The van der Waals surface area contributed by atoms with E-state index in [0.717, 1.165) is 32.5 Å². The van der Waals surface area contributed by atoms with Gasteiger partial charge in [-0.15, -0.1) is 13.2 Å². The topological polar surface area (TPSA) is 32.3 Å². The van der Waals surface area contributed by atoms with Crippen LogP contribution in [-0.4, -0.2) is 30.9 Å². The lowest BCUT2D eigenvalue weighted by Gasteiger charge is -2.36. The second kappa shape index (κ2) is 8.88. The van der Waals surface area contributed by atoms with Crippen molar-refractivity contribution in [1.29, 1.82) is 0 Å². The van der Waals surface area contributed by atoms with Crippen molar-refractivity contribution in [2.24, 2.45) is 11.8 Å². The molecule has 3 nitrogen and oxygen atoms in total. The highest BCUT2D eigenvalue weighted by atomic mass is 16.1. The lowest BCUT2D eigenvalue weighted by molar-refractivity contribution is -0.127. The molecule has 126 valence electrons. The van der Waals surface area contributed by atoms with E-state index in [2.05, 4.69) is 47.6 Å². The van der Waals surface area contributed by atoms with Crippen molar-refractivity contribution < 1.29 is 4.79 Å². The Labute approximate surface area is 140 Å². The fourth-order valence-electron chi connectivity index (χ4n) is 4.00. The molecule has 1 aromatic rings. The van der Waals surface area contributed by atoms with Crippen LogP contribution in [0.25, 0.3) is 0 Å². The van der Waals surface area contributed by atoms with Gasteiger partial charge >= 0.3 is 0 Å². The molecule has 0 bridgehead atoms. The van der Waals surface area contributed by atoms with Gasteiger partial charge in [-0.2, -0.15) is 0 Å². The quantitative estimate of drug-likeness (QED) is 0.867. The summed E-state index contributed by atoms with van der Waals surface area (Å²) in [5.41, 5.74) is 2.97. The van der Waals surface area contributed by atoms with Crippen molar-refractivity contribution in [2.45, 2.75) is 38.6 Å². The van der Waals surface area contributed by atoms with E-state index >= 15 is 0 Å². The van der Waals surface area contributed by atoms with E-state index in [9.17, 15) is 4.79 Å². The van der Waals surface area contributed by atoms with Gasteiger partial charge in [-0.05, 0) is 36.3 Å². The third-order valence-corrected chi connectivity index (χ3v) is 5.19. The van der Waals surface area contributed by atoms with Gasteiger partial charge < -0.3 is 5.32 Å². The van der Waals surface area contributed by atoms with Crippen LogP contribution >= 0.6 is 0 Å². The molecule has 0 radical (unpaired) electrons. The number of carbonyl (C=O) groups excluding carboxylic acids is 1. The number of benzene rings is 1. The van der Waals surface area contributed by atoms with E-state index in [4.69, 9.17) is 0 Å². The number of carbonyl (C=O) groups is 1. The van der Waals surface area contributed by atoms with E-state index < -0.39 is 0 Å². The summed E-state index contributed by atoms with van der Waals surface area (Å²) in [5, 5.41) is 2.86. The minimum absolute atomic E-state index is 0.223. The van der Waals surface area contributed by atoms with E-state index in [-0.39, 0.29) is 11.8 Å². The predicted octanol–water partition coefficient (Wildman–Crippen LogP) is 3.40. The minimum Gasteiger partial charge on any atom is -0.359 e. The van der Waals surface area contributed by atoms with Crippen molar-refractivity contribution in [1.82, 2.24) is 10.2 Å². The van der Waals surface area contributed by atoms with Crippen LogP contribution in [0.2, 0.25) is 0 Å². The molecule has 1 aromatic carbocycles. The summed E-state index contributed by atoms with van der Waals surface area (Å²) in [6, 6.07) is 8.77. The average Bonchev–Trinajstić information content (AvgIpc) is 2.63. The van der Waals surface area contributed by atoms with Gasteiger partial charge in [0, 0.05) is 32.6 Å². The molecular weight excluding hydrogens is 284 g/mol. The predicted molar refractivity (Wildman–Crippen MR) is 96.2 cm³/mol. The Morgan fingerprint density at radius 3 is 2.65 bits per heavy atom. The maximum absolute atomic E-state index is 12.1. The Bertz CT molecular complexity index is 514. The van der Waals surface area contributed by atoms with Crippen LogP contribution in [0.5, 0.6) is 0 Å². The zero-order valence-corrected chi connectivity index (χ0v) is 14.4. The largest absolute Gasteiger partial charge is 0.359 e. The second-order valence-corrected chi connectivity index (χ2v) is 6.52. The smallest absolute Gasteiger partial charge is 0.223 e. The summed E-state index contributed by atoms with van der Waals surface area (Å²) in [6.07, 6.45) is 5.90. The molecule has 1 amide bonds. The molecule has 1 saturated carbocycles. The molecule has 0 spiro atoms. The Morgan fingerprint density at radius 2 is 1.91 bits per heavy atom. The molecule has 1 heterocycles. The van der Waals surface area contributed by atoms with E-state index in [1.165, 1.54) is 30.4 Å². The number of nitrogens with one attached hydrogen (secondary N) is 1. The Morgan fingerprint density at radius 1 is 1.22 bits per heavy atom. The first-order valence-corrected chi connectivity index (χ1v) is 8.78. The first-order valence-electron chi connectivity index (χ1n) is 8.78. The monoisotopic (exact) mass is 314 g/mol. The zero-order valence-electron chi connectivity index (χ0n) is 14.4. The summed E-state index contributed by atoms with van der Waals surface area (Å²) in [5.74, 6) is 1.00. The van der Waals surface area contributed by atoms with Crippen molar-refractivity contribution in [3.63, 3.8) is 0 Å². The molecular formula is C20H30N2O. The average molecular weight is 314 g/mol. The summed E-state index contributed by atoms with van der Waals surface area (Å²) in [4.78, 5) is 14.6. The van der Waals surface area contributed by atoms with Crippen molar-refractivity contribution >= 4 is 5.91 Å². The number of fused-ring (bicyclic) bond motifs is 1. The van der Waals surface area contributed by atoms with Crippen LogP contribution in [0, 0.1) is 11.8 Å². The van der Waals surface area contributed by atoms with Crippen LogP contribution in [0.3, 0.4) is 0 Å². The molecule has 1 fully saturated rings. The van der Waals surface area contributed by atoms with Gasteiger partial charge in [-0.1, -0.05) is 37.1 Å². The number of rotatable bonds is 3. The molecule has 0 saturated heterocycles. The molecule has 0 aromatic heterocycles. The first-order chi connectivity index (χ1) is 11.3. The van der Waals surface area contributed by atoms with Crippen LogP contribution < -0.4 is 5.32 Å². The Kier molecular flexibility index (Phi) is 6.85. The molecule has 23 heavy (non-hydrogen) atoms. The summed E-state index contributed by atoms with van der Waals surface area (Å²) < 4.78 is 0. The highest BCUT2D eigenvalue weighted by Gasteiger charge is 2.32. The molecule has 1 N–H and O–H groups in total. The maximum atomic E-state index is 12.1. The molecule has 2 aliphatic rings. The molecule has 3 heteroatoms. The number of amides is 1. The molecule has 1 aliphatic heterocycles. The third kappa shape index (κ3) is 4.44. The van der Waals surface area contributed by atoms with Crippen molar-refractivity contribution in [3.05, 3.63) is 48.6 Å². The fraction of sp³-hybridized carbons (Fsp3) is 0.550. The highest BCUT2D eigenvalue weighted by molar-refractivity contribution is 5.78. The number of hydrogen-bond acceptors (Lipinski definition) is 2. The van der Waals surface area contributed by atoms with Crippen LogP contribution in [0.1, 0.15) is 36.8 Å². The Balaban J connectivity index is 0.000000924. The van der Waals surface area contributed by atoms with Gasteiger partial charge in [-0.25, -0.2) is 0 Å². The zero-order chi connectivity index (χ0) is 16.7. The van der Waals surface area contributed by atoms with Gasteiger partial charge in [0.05, 0.1) is 0 Å². The van der Waals surface area contributed by atoms with Crippen LogP contribution in [-0.2, 0) is 17.8 Å². The van der Waals surface area contributed by atoms with Gasteiger partial charge in [0.15, 0.2) is 0 Å². The minimum atomic E-state index is 0.223. The van der Waals surface area contributed by atoms with Crippen LogP contribution in [0.4, 0.5) is 0 Å². The first kappa shape index (κ1) is 17.7. The van der Waals surface area contributed by atoms with Gasteiger partial charge in [0.25, 0.3) is 0 Å². The normalized spacial score (nSPS) is 24.0. The van der Waals surface area contributed by atoms with Crippen molar-refractivity contribution in [2.75, 3.05) is 20.1 Å². The number of hydrogen-bond donors (Lipinski definition) is 1. The summed E-state index contributed by atoms with van der Waals surface area (Å²) >= 11 is 0. The lowest BCUT2D eigenvalue weighted by Crippen LogP contribution is -2.42.